The van der Waals surface area contributed by atoms with E-state index in [1.54, 1.807) is 36.4 Å². The number of piperidine rings is 1. The average Bonchev–Trinajstić information content (AvgIpc) is 2.77. The first kappa shape index (κ1) is 22.3. The van der Waals surface area contributed by atoms with Crippen molar-refractivity contribution in [2.45, 2.75) is 43.5 Å². The maximum atomic E-state index is 12.8. The zero-order valence-electron chi connectivity index (χ0n) is 17.8. The number of hydrogen-bond donors (Lipinski definition) is 1. The van der Waals surface area contributed by atoms with Crippen molar-refractivity contribution in [1.82, 2.24) is 10.2 Å². The number of carbonyl (C=O) groups excluding carboxylic acids is 1. The van der Waals surface area contributed by atoms with Crippen LogP contribution in [0.3, 0.4) is 0 Å². The smallest absolute Gasteiger partial charge is 0.264 e. The van der Waals surface area contributed by atoms with Gasteiger partial charge in [-0.3, -0.25) is 9.10 Å². The minimum atomic E-state index is -3.68. The fraction of sp³-hybridized carbons (Fsp3) is 0.435. The van der Waals surface area contributed by atoms with Crippen molar-refractivity contribution >= 4 is 21.6 Å². The lowest BCUT2D eigenvalue weighted by atomic mass is 10.0. The van der Waals surface area contributed by atoms with Crippen LogP contribution >= 0.6 is 0 Å². The number of benzene rings is 2. The number of carbonyl (C=O) groups is 1. The molecular weight excluding hydrogens is 398 g/mol. The van der Waals surface area contributed by atoms with Gasteiger partial charge in [-0.2, -0.15) is 0 Å². The molecule has 0 spiro atoms. The van der Waals surface area contributed by atoms with Crippen LogP contribution in [-0.4, -0.2) is 51.9 Å². The van der Waals surface area contributed by atoms with E-state index in [1.165, 1.54) is 42.7 Å². The summed E-state index contributed by atoms with van der Waals surface area (Å²) >= 11 is 0. The molecule has 2 aromatic carbocycles. The van der Waals surface area contributed by atoms with Crippen LogP contribution in [0.15, 0.2) is 59.5 Å². The van der Waals surface area contributed by atoms with Crippen molar-refractivity contribution < 1.29 is 13.2 Å². The van der Waals surface area contributed by atoms with Gasteiger partial charge in [0.05, 0.1) is 10.6 Å². The van der Waals surface area contributed by atoms with Crippen molar-refractivity contribution in [3.05, 3.63) is 60.2 Å². The minimum Gasteiger partial charge on any atom is -0.352 e. The van der Waals surface area contributed by atoms with Gasteiger partial charge >= 0.3 is 0 Å². The fourth-order valence-corrected chi connectivity index (χ4v) is 4.98. The van der Waals surface area contributed by atoms with Crippen LogP contribution in [0.5, 0.6) is 0 Å². The molecule has 3 rings (SSSR count). The lowest BCUT2D eigenvalue weighted by Crippen LogP contribution is -2.39. The highest BCUT2D eigenvalue weighted by Crippen LogP contribution is 2.22. The molecule has 162 valence electrons. The number of amides is 1. The van der Waals surface area contributed by atoms with Crippen LogP contribution in [0.2, 0.25) is 0 Å². The Morgan fingerprint density at radius 3 is 2.47 bits per heavy atom. The number of hydrogen-bond acceptors (Lipinski definition) is 4. The Labute approximate surface area is 179 Å². The summed E-state index contributed by atoms with van der Waals surface area (Å²) in [4.78, 5) is 15.0. The van der Waals surface area contributed by atoms with Gasteiger partial charge in [0, 0.05) is 31.7 Å². The summed E-state index contributed by atoms with van der Waals surface area (Å²) in [5.74, 6) is -0.179. The monoisotopic (exact) mass is 429 g/mol. The molecule has 0 saturated carbocycles. The Hall–Kier alpha value is -2.38. The third-order valence-corrected chi connectivity index (χ3v) is 7.54. The standard InChI is InChI=1S/C23H31N3O3S/c1-19-9-6-7-17-26(19)18-8-16-24-23(27)20-12-14-22(15-13-20)30(28,29)25(2)21-10-4-3-5-11-21/h3-5,10-15,19H,6-9,16-18H2,1-2H3,(H,24,27). The van der Waals surface area contributed by atoms with Gasteiger partial charge in [-0.05, 0) is 69.1 Å². The summed E-state index contributed by atoms with van der Waals surface area (Å²) in [7, 11) is -2.15. The highest BCUT2D eigenvalue weighted by molar-refractivity contribution is 7.92. The van der Waals surface area contributed by atoms with Crippen LogP contribution in [0, 0.1) is 0 Å². The third kappa shape index (κ3) is 5.40. The molecule has 1 aliphatic heterocycles. The predicted molar refractivity (Wildman–Crippen MR) is 120 cm³/mol. The number of nitrogens with one attached hydrogen (secondary N) is 1. The highest BCUT2D eigenvalue weighted by Gasteiger charge is 2.21. The molecule has 1 unspecified atom stereocenters. The maximum absolute atomic E-state index is 12.8. The van der Waals surface area contributed by atoms with Gasteiger partial charge in [-0.25, -0.2) is 8.42 Å². The molecule has 1 atom stereocenters. The zero-order chi connectivity index (χ0) is 21.6. The summed E-state index contributed by atoms with van der Waals surface area (Å²) in [5, 5.41) is 2.93. The Morgan fingerprint density at radius 1 is 1.10 bits per heavy atom. The summed E-state index contributed by atoms with van der Waals surface area (Å²) in [6, 6.07) is 15.6. The van der Waals surface area contributed by atoms with Crippen molar-refractivity contribution in [3.63, 3.8) is 0 Å². The van der Waals surface area contributed by atoms with E-state index >= 15 is 0 Å². The van der Waals surface area contributed by atoms with Crippen LogP contribution in [-0.2, 0) is 10.0 Å². The van der Waals surface area contributed by atoms with Crippen molar-refractivity contribution in [1.29, 1.82) is 0 Å². The van der Waals surface area contributed by atoms with Crippen LogP contribution in [0.4, 0.5) is 5.69 Å². The molecule has 2 aromatic rings. The molecule has 1 aliphatic rings. The van der Waals surface area contributed by atoms with E-state index < -0.39 is 10.0 Å². The van der Waals surface area contributed by atoms with Gasteiger partial charge in [0.25, 0.3) is 15.9 Å². The molecule has 0 bridgehead atoms. The lowest BCUT2D eigenvalue weighted by Gasteiger charge is -2.33. The van der Waals surface area contributed by atoms with E-state index in [4.69, 9.17) is 0 Å². The molecule has 1 fully saturated rings. The second-order valence-corrected chi connectivity index (χ2v) is 9.79. The number of anilines is 1. The maximum Gasteiger partial charge on any atom is 0.264 e. The minimum absolute atomic E-state index is 0.157. The first-order valence-electron chi connectivity index (χ1n) is 10.6. The van der Waals surface area contributed by atoms with E-state index in [2.05, 4.69) is 17.1 Å². The van der Waals surface area contributed by atoms with Gasteiger partial charge in [-0.15, -0.1) is 0 Å². The molecule has 1 amide bonds. The first-order valence-corrected chi connectivity index (χ1v) is 12.0. The Kier molecular flexibility index (Phi) is 7.50. The SMILES string of the molecule is CC1CCCCN1CCCNC(=O)c1ccc(S(=O)(=O)N(C)c2ccccc2)cc1. The zero-order valence-corrected chi connectivity index (χ0v) is 18.6. The third-order valence-electron chi connectivity index (χ3n) is 5.74. The van der Waals surface area contributed by atoms with E-state index in [0.29, 0.717) is 23.8 Å². The number of para-hydroxylation sites is 1. The summed E-state index contributed by atoms with van der Waals surface area (Å²) in [6.45, 7) is 5.01. The molecule has 1 N–H and O–H groups in total. The van der Waals surface area contributed by atoms with E-state index in [0.717, 1.165) is 19.5 Å². The van der Waals surface area contributed by atoms with Crippen LogP contribution < -0.4 is 9.62 Å². The number of likely N-dealkylation sites (tertiary alicyclic amines) is 1. The Balaban J connectivity index is 1.53. The molecule has 0 radical (unpaired) electrons. The lowest BCUT2D eigenvalue weighted by molar-refractivity contribution is 0.0948. The average molecular weight is 430 g/mol. The van der Waals surface area contributed by atoms with Crippen LogP contribution in [0.1, 0.15) is 43.0 Å². The normalized spacial score (nSPS) is 17.5. The molecule has 0 aliphatic carbocycles. The first-order chi connectivity index (χ1) is 14.4. The Bertz CT molecular complexity index is 930. The summed E-state index contributed by atoms with van der Waals surface area (Å²) < 4.78 is 26.9. The van der Waals surface area contributed by atoms with E-state index in [9.17, 15) is 13.2 Å². The van der Waals surface area contributed by atoms with Gasteiger partial charge in [0.2, 0.25) is 0 Å². The topological polar surface area (TPSA) is 69.7 Å². The van der Waals surface area contributed by atoms with E-state index in [-0.39, 0.29) is 10.8 Å². The molecule has 1 heterocycles. The predicted octanol–water partition coefficient (Wildman–Crippen LogP) is 3.51. The highest BCUT2D eigenvalue weighted by atomic mass is 32.2. The van der Waals surface area contributed by atoms with Gasteiger partial charge in [-0.1, -0.05) is 24.6 Å². The fourth-order valence-electron chi connectivity index (χ4n) is 3.79. The van der Waals surface area contributed by atoms with E-state index in [1.807, 2.05) is 6.07 Å². The summed E-state index contributed by atoms with van der Waals surface area (Å²) in [6.07, 6.45) is 4.72. The number of nitrogens with zero attached hydrogens (tertiary/aromatic N) is 2. The van der Waals surface area contributed by atoms with Gasteiger partial charge in [0.1, 0.15) is 0 Å². The molecule has 7 heteroatoms. The second kappa shape index (κ2) is 10.1. The Morgan fingerprint density at radius 2 is 1.80 bits per heavy atom. The molecule has 1 saturated heterocycles. The summed E-state index contributed by atoms with van der Waals surface area (Å²) in [5.41, 5.74) is 1.05. The quantitative estimate of drug-likeness (QED) is 0.652. The number of sulfonamides is 1. The van der Waals surface area contributed by atoms with Crippen molar-refractivity contribution in [2.75, 3.05) is 31.0 Å². The molecule has 30 heavy (non-hydrogen) atoms. The molecule has 6 nitrogen and oxygen atoms in total. The van der Waals surface area contributed by atoms with Crippen molar-refractivity contribution in [2.24, 2.45) is 0 Å². The largest absolute Gasteiger partial charge is 0.352 e. The second-order valence-electron chi connectivity index (χ2n) is 7.82. The van der Waals surface area contributed by atoms with Crippen molar-refractivity contribution in [3.8, 4) is 0 Å². The molecule has 0 aromatic heterocycles. The number of rotatable bonds is 8. The van der Waals surface area contributed by atoms with Gasteiger partial charge < -0.3 is 10.2 Å². The van der Waals surface area contributed by atoms with Gasteiger partial charge in [0.15, 0.2) is 0 Å². The molecular formula is C23H31N3O3S. The van der Waals surface area contributed by atoms with Crippen LogP contribution in [0.25, 0.3) is 0 Å².